The third-order valence-corrected chi connectivity index (χ3v) is 8.34. The monoisotopic (exact) mass is 496 g/mol. The van der Waals surface area contributed by atoms with Gasteiger partial charge >= 0.3 is 0 Å². The molecule has 4 rings (SSSR count). The van der Waals surface area contributed by atoms with E-state index in [-0.39, 0.29) is 23.0 Å². The van der Waals surface area contributed by atoms with Gasteiger partial charge in [0, 0.05) is 51.4 Å². The molecule has 0 radical (unpaired) electrons. The summed E-state index contributed by atoms with van der Waals surface area (Å²) in [7, 11) is -3.64. The van der Waals surface area contributed by atoms with Gasteiger partial charge in [-0.25, -0.2) is 8.42 Å². The summed E-state index contributed by atoms with van der Waals surface area (Å²) in [6.07, 6.45) is 0.546. The number of nitriles is 1. The van der Waals surface area contributed by atoms with Gasteiger partial charge in [-0.05, 0) is 62.2 Å². The van der Waals surface area contributed by atoms with E-state index in [1.807, 2.05) is 43.0 Å². The Morgan fingerprint density at radius 2 is 1.63 bits per heavy atom. The molecule has 186 valence electrons. The van der Waals surface area contributed by atoms with Crippen LogP contribution in [0.5, 0.6) is 0 Å². The number of carbonyl (C=O) groups is 1. The number of ether oxygens (including phenoxy) is 1. The molecule has 0 N–H and O–H groups in total. The Bertz CT molecular complexity index is 1170. The van der Waals surface area contributed by atoms with Crippen molar-refractivity contribution in [1.82, 2.24) is 14.1 Å². The largest absolute Gasteiger partial charge is 0.373 e. The lowest BCUT2D eigenvalue weighted by atomic mass is 10.1. The predicted molar refractivity (Wildman–Crippen MR) is 132 cm³/mol. The fourth-order valence-electron chi connectivity index (χ4n) is 4.70. The molecule has 0 aliphatic carbocycles. The SMILES string of the molecule is CC1CN(S(=O)(=O)c2ccc(C(=O)N3CCCN(Cc4ccc(C#N)cc4)CC3)cc2)CC(C)O1. The Balaban J connectivity index is 1.37. The Hall–Kier alpha value is -2.77. The molecule has 0 saturated carbocycles. The molecule has 8 nitrogen and oxygen atoms in total. The van der Waals surface area contributed by atoms with Gasteiger partial charge in [0.05, 0.1) is 28.7 Å². The van der Waals surface area contributed by atoms with Crippen molar-refractivity contribution in [3.05, 3.63) is 65.2 Å². The number of rotatable bonds is 5. The fraction of sp³-hybridized carbons (Fsp3) is 0.462. The van der Waals surface area contributed by atoms with Crippen molar-refractivity contribution >= 4 is 15.9 Å². The summed E-state index contributed by atoms with van der Waals surface area (Å²) in [5.74, 6) is -0.0808. The van der Waals surface area contributed by atoms with Crippen LogP contribution >= 0.6 is 0 Å². The third-order valence-electron chi connectivity index (χ3n) is 6.49. The summed E-state index contributed by atoms with van der Waals surface area (Å²) >= 11 is 0. The summed E-state index contributed by atoms with van der Waals surface area (Å²) in [6, 6.07) is 16.0. The van der Waals surface area contributed by atoms with Crippen LogP contribution in [0.1, 0.15) is 41.8 Å². The summed E-state index contributed by atoms with van der Waals surface area (Å²) in [5.41, 5.74) is 2.28. The lowest BCUT2D eigenvalue weighted by Gasteiger charge is -2.34. The van der Waals surface area contributed by atoms with Crippen LogP contribution < -0.4 is 0 Å². The Labute approximate surface area is 207 Å². The zero-order chi connectivity index (χ0) is 25.0. The lowest BCUT2D eigenvalue weighted by Crippen LogP contribution is -2.48. The predicted octanol–water partition coefficient (Wildman–Crippen LogP) is 2.70. The van der Waals surface area contributed by atoms with Gasteiger partial charge in [-0.3, -0.25) is 9.69 Å². The quantitative estimate of drug-likeness (QED) is 0.632. The normalized spacial score (nSPS) is 22.4. The molecule has 2 heterocycles. The van der Waals surface area contributed by atoms with E-state index in [9.17, 15) is 13.2 Å². The van der Waals surface area contributed by atoms with Crippen molar-refractivity contribution < 1.29 is 17.9 Å². The lowest BCUT2D eigenvalue weighted by molar-refractivity contribution is -0.0440. The van der Waals surface area contributed by atoms with Crippen molar-refractivity contribution in [2.24, 2.45) is 0 Å². The molecule has 0 bridgehead atoms. The first-order valence-electron chi connectivity index (χ1n) is 12.0. The first-order valence-corrected chi connectivity index (χ1v) is 13.5. The van der Waals surface area contributed by atoms with Crippen LogP contribution in [0.15, 0.2) is 53.4 Å². The number of benzene rings is 2. The Morgan fingerprint density at radius 1 is 0.971 bits per heavy atom. The average Bonchev–Trinajstić information content (AvgIpc) is 3.09. The molecule has 2 aliphatic rings. The zero-order valence-electron chi connectivity index (χ0n) is 20.3. The highest BCUT2D eigenvalue weighted by Gasteiger charge is 2.32. The molecule has 2 unspecified atom stereocenters. The van der Waals surface area contributed by atoms with Crippen LogP contribution in [-0.4, -0.2) is 79.9 Å². The number of carbonyl (C=O) groups excluding carboxylic acids is 1. The second-order valence-electron chi connectivity index (χ2n) is 9.33. The van der Waals surface area contributed by atoms with Crippen LogP contribution in [0, 0.1) is 11.3 Å². The van der Waals surface area contributed by atoms with Crippen molar-refractivity contribution in [2.45, 2.75) is 43.9 Å². The first-order chi connectivity index (χ1) is 16.8. The Morgan fingerprint density at radius 3 is 2.26 bits per heavy atom. The van der Waals surface area contributed by atoms with Gasteiger partial charge in [0.1, 0.15) is 0 Å². The average molecular weight is 497 g/mol. The summed E-state index contributed by atoms with van der Waals surface area (Å²) in [5, 5.41) is 8.96. The van der Waals surface area contributed by atoms with E-state index >= 15 is 0 Å². The number of amides is 1. The van der Waals surface area contributed by atoms with Gasteiger partial charge in [0.25, 0.3) is 5.91 Å². The van der Waals surface area contributed by atoms with Crippen molar-refractivity contribution in [1.29, 1.82) is 5.26 Å². The fourth-order valence-corrected chi connectivity index (χ4v) is 6.29. The summed E-state index contributed by atoms with van der Waals surface area (Å²) < 4.78 is 33.3. The Kier molecular flexibility index (Phi) is 7.87. The zero-order valence-corrected chi connectivity index (χ0v) is 21.1. The number of hydrogen-bond donors (Lipinski definition) is 0. The second-order valence-corrected chi connectivity index (χ2v) is 11.3. The van der Waals surface area contributed by atoms with Crippen LogP contribution in [0.4, 0.5) is 0 Å². The maximum atomic E-state index is 13.1. The number of hydrogen-bond acceptors (Lipinski definition) is 6. The van der Waals surface area contributed by atoms with Crippen molar-refractivity contribution in [3.8, 4) is 6.07 Å². The van der Waals surface area contributed by atoms with Crippen LogP contribution in [0.2, 0.25) is 0 Å². The number of morpholine rings is 1. The van der Waals surface area contributed by atoms with E-state index in [0.29, 0.717) is 37.3 Å². The van der Waals surface area contributed by atoms with Gasteiger partial charge < -0.3 is 9.64 Å². The molecule has 0 aromatic heterocycles. The van der Waals surface area contributed by atoms with E-state index in [1.54, 1.807) is 12.1 Å². The number of nitrogens with zero attached hydrogens (tertiary/aromatic N) is 4. The molecule has 35 heavy (non-hydrogen) atoms. The minimum atomic E-state index is -3.64. The molecule has 2 fully saturated rings. The standard InChI is InChI=1S/C26H32N4O4S/c1-20-17-30(18-21(2)34-20)35(32,33)25-10-8-24(9-11-25)26(31)29-13-3-12-28(14-15-29)19-23-6-4-22(16-27)5-7-23/h4-11,20-21H,3,12-15,17-19H2,1-2H3. The molecule has 9 heteroatoms. The van der Waals surface area contributed by atoms with Crippen molar-refractivity contribution in [3.63, 3.8) is 0 Å². The van der Waals surface area contributed by atoms with Crippen LogP contribution in [-0.2, 0) is 21.3 Å². The van der Waals surface area contributed by atoms with Gasteiger partial charge in [-0.15, -0.1) is 0 Å². The maximum Gasteiger partial charge on any atom is 0.253 e. The molecule has 2 saturated heterocycles. The van der Waals surface area contributed by atoms with E-state index in [4.69, 9.17) is 10.00 Å². The molecular formula is C26H32N4O4S. The van der Waals surface area contributed by atoms with E-state index in [1.165, 1.54) is 16.4 Å². The number of sulfonamides is 1. The van der Waals surface area contributed by atoms with Crippen LogP contribution in [0.3, 0.4) is 0 Å². The van der Waals surface area contributed by atoms with Crippen molar-refractivity contribution in [2.75, 3.05) is 39.3 Å². The van der Waals surface area contributed by atoms with E-state index in [0.717, 1.165) is 31.6 Å². The third kappa shape index (κ3) is 6.08. The smallest absolute Gasteiger partial charge is 0.253 e. The summed E-state index contributed by atoms with van der Waals surface area (Å²) in [6.45, 7) is 8.06. The maximum absolute atomic E-state index is 13.1. The molecule has 2 aliphatic heterocycles. The highest BCUT2D eigenvalue weighted by Crippen LogP contribution is 2.22. The second kappa shape index (κ2) is 10.9. The minimum Gasteiger partial charge on any atom is -0.373 e. The summed E-state index contributed by atoms with van der Waals surface area (Å²) in [4.78, 5) is 17.5. The molecule has 0 spiro atoms. The van der Waals surface area contributed by atoms with Crippen LogP contribution in [0.25, 0.3) is 0 Å². The van der Waals surface area contributed by atoms with Gasteiger partial charge in [-0.1, -0.05) is 12.1 Å². The molecule has 2 aromatic rings. The van der Waals surface area contributed by atoms with Gasteiger partial charge in [0.15, 0.2) is 0 Å². The topological polar surface area (TPSA) is 94.0 Å². The van der Waals surface area contributed by atoms with E-state index < -0.39 is 10.0 Å². The van der Waals surface area contributed by atoms with Gasteiger partial charge in [-0.2, -0.15) is 9.57 Å². The first kappa shape index (κ1) is 25.3. The molecule has 2 atom stereocenters. The van der Waals surface area contributed by atoms with Gasteiger partial charge in [0.2, 0.25) is 10.0 Å². The minimum absolute atomic E-state index is 0.0808. The highest BCUT2D eigenvalue weighted by atomic mass is 32.2. The molecular weight excluding hydrogens is 464 g/mol. The highest BCUT2D eigenvalue weighted by molar-refractivity contribution is 7.89. The molecule has 1 amide bonds. The van der Waals surface area contributed by atoms with E-state index in [2.05, 4.69) is 11.0 Å². The molecule has 2 aromatic carbocycles.